The zero-order valence-corrected chi connectivity index (χ0v) is 15.8. The molecule has 1 aliphatic carbocycles. The van der Waals surface area contributed by atoms with Gasteiger partial charge >= 0.3 is 5.97 Å². The highest BCUT2D eigenvalue weighted by Crippen LogP contribution is 2.25. The number of amides is 1. The van der Waals surface area contributed by atoms with Crippen LogP contribution in [0.15, 0.2) is 42.5 Å². The first-order valence-electron chi connectivity index (χ1n) is 9.55. The molecule has 28 heavy (non-hydrogen) atoms. The number of hydrogen-bond donors (Lipinski definition) is 2. The van der Waals surface area contributed by atoms with Gasteiger partial charge in [0.25, 0.3) is 5.91 Å². The number of rotatable bonds is 9. The lowest BCUT2D eigenvalue weighted by molar-refractivity contribution is -0.139. The fraction of sp³-hybridized carbons (Fsp3) is 0.364. The van der Waals surface area contributed by atoms with Crippen LogP contribution in [0.3, 0.4) is 0 Å². The Morgan fingerprint density at radius 2 is 1.57 bits per heavy atom. The van der Waals surface area contributed by atoms with Crippen LogP contribution >= 0.6 is 0 Å². The van der Waals surface area contributed by atoms with Crippen LogP contribution < -0.4 is 14.8 Å². The summed E-state index contributed by atoms with van der Waals surface area (Å²) in [6, 6.07) is 13.2. The fourth-order valence-corrected chi connectivity index (χ4v) is 3.24. The number of carbonyl (C=O) groups excluding carboxylic acids is 1. The van der Waals surface area contributed by atoms with E-state index in [1.807, 2.05) is 18.2 Å². The molecular weight excluding hydrogens is 358 g/mol. The zero-order valence-electron chi connectivity index (χ0n) is 15.8. The van der Waals surface area contributed by atoms with E-state index in [4.69, 9.17) is 14.6 Å². The van der Waals surface area contributed by atoms with Crippen LogP contribution in [0.4, 0.5) is 0 Å². The number of nitrogens with one attached hydrogen (secondary N) is 1. The molecule has 0 atom stereocenters. The van der Waals surface area contributed by atoms with Crippen LogP contribution in [0, 0.1) is 0 Å². The summed E-state index contributed by atoms with van der Waals surface area (Å²) in [5.74, 6) is 0.0879. The third-order valence-corrected chi connectivity index (χ3v) is 4.71. The molecular formula is C22H25NO5. The Morgan fingerprint density at radius 1 is 0.893 bits per heavy atom. The second-order valence-corrected chi connectivity index (χ2v) is 6.85. The van der Waals surface area contributed by atoms with E-state index >= 15 is 0 Å². The summed E-state index contributed by atoms with van der Waals surface area (Å²) in [4.78, 5) is 22.5. The average molecular weight is 383 g/mol. The van der Waals surface area contributed by atoms with E-state index in [2.05, 4.69) is 17.4 Å². The van der Waals surface area contributed by atoms with Crippen molar-refractivity contribution in [2.24, 2.45) is 0 Å². The van der Waals surface area contributed by atoms with E-state index in [-0.39, 0.29) is 19.1 Å². The van der Waals surface area contributed by atoms with Crippen molar-refractivity contribution in [3.8, 4) is 11.5 Å². The molecule has 2 aromatic carbocycles. The van der Waals surface area contributed by atoms with Gasteiger partial charge in [0, 0.05) is 6.54 Å². The molecule has 0 bridgehead atoms. The molecule has 0 saturated heterocycles. The largest absolute Gasteiger partial charge is 0.484 e. The molecule has 1 amide bonds. The lowest BCUT2D eigenvalue weighted by atomic mass is 9.92. The Bertz CT molecular complexity index is 816. The minimum absolute atomic E-state index is 0.000747. The zero-order chi connectivity index (χ0) is 19.8. The molecule has 3 rings (SSSR count). The van der Waals surface area contributed by atoms with Crippen molar-refractivity contribution in [1.29, 1.82) is 0 Å². The van der Waals surface area contributed by atoms with Crippen LogP contribution in [-0.4, -0.2) is 36.7 Å². The van der Waals surface area contributed by atoms with Gasteiger partial charge in [-0.05, 0) is 73.1 Å². The molecule has 6 heteroatoms. The third kappa shape index (κ3) is 6.01. The molecule has 0 aromatic heterocycles. The van der Waals surface area contributed by atoms with Crippen LogP contribution in [0.25, 0.3) is 0 Å². The number of carbonyl (C=O) groups is 2. The van der Waals surface area contributed by atoms with E-state index in [0.29, 0.717) is 18.7 Å². The Balaban J connectivity index is 1.37. The van der Waals surface area contributed by atoms with Crippen molar-refractivity contribution in [3.63, 3.8) is 0 Å². The quantitative estimate of drug-likeness (QED) is 0.696. The van der Waals surface area contributed by atoms with Gasteiger partial charge in [0.05, 0.1) is 0 Å². The molecule has 0 aliphatic heterocycles. The monoisotopic (exact) mass is 383 g/mol. The summed E-state index contributed by atoms with van der Waals surface area (Å²) in [5, 5.41) is 11.4. The summed E-state index contributed by atoms with van der Waals surface area (Å²) < 4.78 is 10.7. The van der Waals surface area contributed by atoms with Crippen molar-refractivity contribution in [2.75, 3.05) is 19.8 Å². The lowest BCUT2D eigenvalue weighted by Gasteiger charge is -2.16. The molecule has 0 radical (unpaired) electrons. The Hall–Kier alpha value is -3.02. The molecule has 0 spiro atoms. The summed E-state index contributed by atoms with van der Waals surface area (Å²) in [5.41, 5.74) is 3.75. The highest BCUT2D eigenvalue weighted by Gasteiger charge is 2.10. The van der Waals surface area contributed by atoms with E-state index in [1.165, 1.54) is 24.0 Å². The molecule has 148 valence electrons. The van der Waals surface area contributed by atoms with Gasteiger partial charge in [-0.25, -0.2) is 4.79 Å². The van der Waals surface area contributed by atoms with Crippen LogP contribution in [-0.2, 0) is 28.9 Å². The van der Waals surface area contributed by atoms with Gasteiger partial charge in [-0.3, -0.25) is 4.79 Å². The van der Waals surface area contributed by atoms with Gasteiger partial charge in [0.15, 0.2) is 13.2 Å². The lowest BCUT2D eigenvalue weighted by Crippen LogP contribution is -2.30. The maximum Gasteiger partial charge on any atom is 0.341 e. The number of carboxylic acid groups (broad SMARTS) is 1. The van der Waals surface area contributed by atoms with Crippen molar-refractivity contribution in [3.05, 3.63) is 59.2 Å². The van der Waals surface area contributed by atoms with E-state index in [0.717, 1.165) is 24.2 Å². The predicted octanol–water partition coefficient (Wildman–Crippen LogP) is 2.77. The van der Waals surface area contributed by atoms with Crippen LogP contribution in [0.5, 0.6) is 11.5 Å². The van der Waals surface area contributed by atoms with E-state index in [1.54, 1.807) is 12.1 Å². The number of hydrogen-bond acceptors (Lipinski definition) is 4. The molecule has 2 aromatic rings. The molecule has 0 fully saturated rings. The van der Waals surface area contributed by atoms with Gasteiger partial charge in [0.2, 0.25) is 0 Å². The highest BCUT2D eigenvalue weighted by molar-refractivity contribution is 5.77. The van der Waals surface area contributed by atoms with Gasteiger partial charge < -0.3 is 19.9 Å². The first-order valence-corrected chi connectivity index (χ1v) is 9.55. The Morgan fingerprint density at radius 3 is 2.32 bits per heavy atom. The maximum atomic E-state index is 12.0. The average Bonchev–Trinajstić information content (AvgIpc) is 2.71. The number of carboxylic acids is 1. The van der Waals surface area contributed by atoms with Gasteiger partial charge in [-0.1, -0.05) is 18.2 Å². The first-order chi connectivity index (χ1) is 13.6. The Kier molecular flexibility index (Phi) is 6.89. The molecule has 2 N–H and O–H groups in total. The minimum atomic E-state index is -1.01. The first kappa shape index (κ1) is 19.7. The third-order valence-electron chi connectivity index (χ3n) is 4.71. The van der Waals surface area contributed by atoms with Gasteiger partial charge in [-0.15, -0.1) is 0 Å². The second-order valence-electron chi connectivity index (χ2n) is 6.85. The summed E-state index contributed by atoms with van der Waals surface area (Å²) in [6.07, 6.45) is 5.34. The summed E-state index contributed by atoms with van der Waals surface area (Å²) in [7, 11) is 0. The predicted molar refractivity (Wildman–Crippen MR) is 105 cm³/mol. The van der Waals surface area contributed by atoms with Gasteiger partial charge in [0.1, 0.15) is 11.5 Å². The minimum Gasteiger partial charge on any atom is -0.484 e. The van der Waals surface area contributed by atoms with Crippen molar-refractivity contribution >= 4 is 11.9 Å². The smallest absolute Gasteiger partial charge is 0.341 e. The number of fused-ring (bicyclic) bond motifs is 1. The van der Waals surface area contributed by atoms with E-state index in [9.17, 15) is 9.59 Å². The topological polar surface area (TPSA) is 84.9 Å². The van der Waals surface area contributed by atoms with Crippen LogP contribution in [0.2, 0.25) is 0 Å². The molecule has 0 unspecified atom stereocenters. The van der Waals surface area contributed by atoms with Crippen LogP contribution in [0.1, 0.15) is 29.5 Å². The van der Waals surface area contributed by atoms with Crippen molar-refractivity contribution in [1.82, 2.24) is 5.32 Å². The van der Waals surface area contributed by atoms with Gasteiger partial charge in [-0.2, -0.15) is 0 Å². The second kappa shape index (κ2) is 9.78. The normalized spacial score (nSPS) is 12.7. The summed E-state index contributed by atoms with van der Waals surface area (Å²) >= 11 is 0. The van der Waals surface area contributed by atoms with Crippen molar-refractivity contribution < 1.29 is 24.2 Å². The number of benzene rings is 2. The fourth-order valence-electron chi connectivity index (χ4n) is 3.24. The molecule has 0 heterocycles. The van der Waals surface area contributed by atoms with E-state index < -0.39 is 5.97 Å². The van der Waals surface area contributed by atoms with Crippen molar-refractivity contribution in [2.45, 2.75) is 32.1 Å². The summed E-state index contributed by atoms with van der Waals surface area (Å²) in [6.45, 7) is 0.141. The molecule has 0 saturated carbocycles. The number of ether oxygens (including phenoxy) is 2. The number of aliphatic carboxylic acids is 1. The molecule has 6 nitrogen and oxygen atoms in total. The Labute approximate surface area is 164 Å². The number of aryl methyl sites for hydroxylation is 2. The SMILES string of the molecule is O=C(O)COc1ccc(CCNC(=O)COc2ccc3c(c2)CCCC3)cc1. The highest BCUT2D eigenvalue weighted by atomic mass is 16.5. The standard InChI is InChI=1S/C22H25NO5/c24-21(14-27-20-10-7-17-3-1-2-4-18(17)13-20)23-12-11-16-5-8-19(9-6-16)28-15-22(25)26/h5-10,13H,1-4,11-12,14-15H2,(H,23,24)(H,25,26). The maximum absolute atomic E-state index is 12.0. The molecule has 1 aliphatic rings.